The maximum atomic E-state index is 14.8. The highest BCUT2D eigenvalue weighted by Gasteiger charge is 2.35. The number of hydrazine groups is 1. The molecule has 13 nitrogen and oxygen atoms in total. The van der Waals surface area contributed by atoms with Gasteiger partial charge in [-0.3, -0.25) is 14.6 Å². The largest absolute Gasteiger partial charge is 0.403 e. The number of carbonyl (C=O) groups is 2. The van der Waals surface area contributed by atoms with Crippen molar-refractivity contribution in [1.29, 1.82) is 0 Å². The number of amides is 1. The van der Waals surface area contributed by atoms with Crippen molar-refractivity contribution >= 4 is 34.4 Å². The van der Waals surface area contributed by atoms with E-state index in [1.807, 2.05) is 42.2 Å². The fourth-order valence-corrected chi connectivity index (χ4v) is 4.64. The van der Waals surface area contributed by atoms with Gasteiger partial charge in [-0.25, -0.2) is 15.2 Å². The lowest BCUT2D eigenvalue weighted by Gasteiger charge is -2.40. The summed E-state index contributed by atoms with van der Waals surface area (Å²) in [7, 11) is 0. The smallest absolute Gasteiger partial charge is 0.295 e. The lowest BCUT2D eigenvalue weighted by Crippen LogP contribution is -2.56. The van der Waals surface area contributed by atoms with Crippen LogP contribution in [0.3, 0.4) is 0 Å². The molecule has 1 amide bonds. The molecular formula is C27H36FN11O2. The second-order valence-corrected chi connectivity index (χ2v) is 9.40. The fourth-order valence-electron chi connectivity index (χ4n) is 4.64. The first-order valence-corrected chi connectivity index (χ1v) is 13.4. The van der Waals surface area contributed by atoms with Crippen molar-refractivity contribution in [3.63, 3.8) is 0 Å². The zero-order chi connectivity index (χ0) is 29.5. The Kier molecular flexibility index (Phi) is 9.24. The van der Waals surface area contributed by atoms with Gasteiger partial charge >= 0.3 is 0 Å². The first kappa shape index (κ1) is 29.1. The molecule has 0 unspecified atom stereocenters. The Morgan fingerprint density at radius 3 is 2.63 bits per heavy atom. The Balaban J connectivity index is 0.00000116. The number of anilines is 2. The van der Waals surface area contributed by atoms with Gasteiger partial charge in [0.25, 0.3) is 17.6 Å². The number of nitrogens with zero attached hydrogens (tertiary/aromatic N) is 8. The molecule has 0 radical (unpaired) electrons. The van der Waals surface area contributed by atoms with Gasteiger partial charge in [-0.2, -0.15) is 4.68 Å². The van der Waals surface area contributed by atoms with Crippen LogP contribution in [0.5, 0.6) is 0 Å². The number of rotatable bonds is 7. The molecule has 3 aromatic heterocycles. The van der Waals surface area contributed by atoms with Crippen molar-refractivity contribution in [2.75, 3.05) is 29.5 Å². The topological polar surface area (TPSA) is 168 Å². The third-order valence-electron chi connectivity index (χ3n) is 6.52. The van der Waals surface area contributed by atoms with Crippen molar-refractivity contribution in [3.8, 4) is 5.69 Å². The number of pyridine rings is 1. The minimum Gasteiger partial charge on any atom is -0.403 e. The summed E-state index contributed by atoms with van der Waals surface area (Å²) in [5, 5.41) is 13.2. The SMILES string of the molecule is CCC.CC[C@@H]1CN(C(=O)C(=O)c2c[nH]c3c(N(N)/C=C\N)ncc(F)c23)CCN1c1nnnn1-c1ccccc1.[HH]. The van der Waals surface area contributed by atoms with Crippen LogP contribution in [-0.2, 0) is 4.79 Å². The van der Waals surface area contributed by atoms with Crippen molar-refractivity contribution in [2.45, 2.75) is 39.7 Å². The van der Waals surface area contributed by atoms with Crippen molar-refractivity contribution < 1.29 is 15.4 Å². The first-order valence-electron chi connectivity index (χ1n) is 13.4. The molecule has 1 saturated heterocycles. The average Bonchev–Trinajstić information content (AvgIpc) is 3.66. The number of nitrogens with two attached hydrogens (primary N) is 2. The molecule has 41 heavy (non-hydrogen) atoms. The maximum Gasteiger partial charge on any atom is 0.295 e. The maximum absolute atomic E-state index is 14.8. The summed E-state index contributed by atoms with van der Waals surface area (Å²) in [6.45, 7) is 7.19. The Morgan fingerprint density at radius 1 is 1.22 bits per heavy atom. The molecule has 4 aromatic rings. The van der Waals surface area contributed by atoms with E-state index >= 15 is 0 Å². The van der Waals surface area contributed by atoms with E-state index in [1.54, 1.807) is 4.68 Å². The van der Waals surface area contributed by atoms with Crippen LogP contribution in [0, 0.1) is 5.82 Å². The lowest BCUT2D eigenvalue weighted by atomic mass is 10.1. The molecule has 4 heterocycles. The molecule has 5 N–H and O–H groups in total. The van der Waals surface area contributed by atoms with Crippen molar-refractivity contribution in [2.24, 2.45) is 11.6 Å². The fraction of sp³-hybridized carbons (Fsp3) is 0.333. The molecule has 1 aromatic carbocycles. The highest BCUT2D eigenvalue weighted by molar-refractivity contribution is 6.45. The number of hydrogen-bond donors (Lipinski definition) is 3. The van der Waals surface area contributed by atoms with Gasteiger partial charge in [0.2, 0.25) is 0 Å². The van der Waals surface area contributed by atoms with Gasteiger partial charge in [0.15, 0.2) is 11.6 Å². The van der Waals surface area contributed by atoms with E-state index in [0.717, 1.165) is 16.9 Å². The molecule has 0 saturated carbocycles. The summed E-state index contributed by atoms with van der Waals surface area (Å²) in [6, 6.07) is 9.36. The van der Waals surface area contributed by atoms with Crippen LogP contribution in [0.25, 0.3) is 16.6 Å². The Labute approximate surface area is 238 Å². The van der Waals surface area contributed by atoms with Gasteiger partial charge < -0.3 is 20.5 Å². The molecule has 0 bridgehead atoms. The highest BCUT2D eigenvalue weighted by Crippen LogP contribution is 2.29. The van der Waals surface area contributed by atoms with Gasteiger partial charge in [0.05, 0.1) is 28.4 Å². The number of tetrazole rings is 1. The molecule has 0 aliphatic carbocycles. The summed E-state index contributed by atoms with van der Waals surface area (Å²) in [5.74, 6) is 4.28. The Hall–Kier alpha value is -4.85. The number of benzene rings is 1. The van der Waals surface area contributed by atoms with E-state index in [4.69, 9.17) is 11.6 Å². The van der Waals surface area contributed by atoms with Crippen LogP contribution in [0.15, 0.2) is 55.1 Å². The second-order valence-electron chi connectivity index (χ2n) is 9.40. The minimum absolute atomic E-state index is 0. The van der Waals surface area contributed by atoms with Gasteiger partial charge in [0.1, 0.15) is 0 Å². The molecule has 0 spiro atoms. The number of nitrogens with one attached hydrogen (secondary N) is 1. The number of hydrogen-bond acceptors (Lipinski definition) is 10. The number of piperazine rings is 1. The number of para-hydroxylation sites is 1. The van der Waals surface area contributed by atoms with Crippen LogP contribution in [0.1, 0.15) is 45.4 Å². The minimum atomic E-state index is -0.831. The molecule has 14 heteroatoms. The molecular weight excluding hydrogens is 529 g/mol. The summed E-state index contributed by atoms with van der Waals surface area (Å²) in [6.07, 6.45) is 6.68. The molecule has 1 aliphatic heterocycles. The van der Waals surface area contributed by atoms with E-state index in [9.17, 15) is 14.0 Å². The third-order valence-corrected chi connectivity index (χ3v) is 6.52. The van der Waals surface area contributed by atoms with E-state index in [1.165, 1.54) is 29.9 Å². The summed E-state index contributed by atoms with van der Waals surface area (Å²) in [5.41, 5.74) is 6.27. The van der Waals surface area contributed by atoms with Crippen molar-refractivity contribution in [3.05, 3.63) is 66.5 Å². The molecule has 1 aliphatic rings. The molecule has 1 atom stereocenters. The molecule has 218 valence electrons. The molecule has 5 rings (SSSR count). The zero-order valence-electron chi connectivity index (χ0n) is 23.2. The normalized spacial score (nSPS) is 15.2. The number of aromatic amines is 1. The predicted octanol–water partition coefficient (Wildman–Crippen LogP) is 2.76. The molecule has 1 fully saturated rings. The number of fused-ring (bicyclic) bond motifs is 1. The number of ketones is 1. The number of halogens is 1. The monoisotopic (exact) mass is 565 g/mol. The average molecular weight is 566 g/mol. The van der Waals surface area contributed by atoms with Crippen molar-refractivity contribution in [1.82, 2.24) is 35.1 Å². The van der Waals surface area contributed by atoms with Gasteiger partial charge in [-0.1, -0.05) is 50.5 Å². The quantitative estimate of drug-likeness (QED) is 0.131. The summed E-state index contributed by atoms with van der Waals surface area (Å²) >= 11 is 0. The number of aromatic nitrogens is 6. The van der Waals surface area contributed by atoms with Crippen LogP contribution >= 0.6 is 0 Å². The van der Waals surface area contributed by atoms with Crippen LogP contribution in [0.2, 0.25) is 0 Å². The van der Waals surface area contributed by atoms with Crippen LogP contribution < -0.4 is 21.5 Å². The number of Topliss-reactive ketones (excluding diaryl/α,β-unsaturated/α-hetero) is 1. The number of carbonyl (C=O) groups excluding carboxylic acids is 2. The van der Waals surface area contributed by atoms with Gasteiger partial charge in [0, 0.05) is 45.7 Å². The van der Waals surface area contributed by atoms with Gasteiger partial charge in [-0.15, -0.1) is 0 Å². The van der Waals surface area contributed by atoms with E-state index in [2.05, 4.69) is 39.3 Å². The summed E-state index contributed by atoms with van der Waals surface area (Å²) in [4.78, 5) is 36.9. The highest BCUT2D eigenvalue weighted by atomic mass is 19.1. The van der Waals surface area contributed by atoms with Crippen LogP contribution in [0.4, 0.5) is 16.2 Å². The van der Waals surface area contributed by atoms with Crippen LogP contribution in [-0.4, -0.2) is 72.4 Å². The first-order chi connectivity index (χ1) is 19.9. The predicted molar refractivity (Wildman–Crippen MR) is 156 cm³/mol. The van der Waals surface area contributed by atoms with E-state index < -0.39 is 17.5 Å². The Bertz CT molecular complexity index is 1530. The summed E-state index contributed by atoms with van der Waals surface area (Å²) < 4.78 is 16.4. The standard InChI is InChI=1S/C24H26FN11O2.C3H8.H2/c1-2-15-14-33(10-11-34(15)24-30-31-32-36(24)16-6-4-3-5-7-16)23(38)21(37)17-12-28-20-19(17)18(25)13-29-22(20)35(27)9-8-26;1-3-2;/h3-9,12-13,15,28H,2,10-11,14,26-27H2,1H3;3H2,1-2H3;1H/b9-8-;;/t15-;;/m1../s1. The third kappa shape index (κ3) is 5.87. The second kappa shape index (κ2) is 13.0. The Morgan fingerprint density at radius 2 is 1.95 bits per heavy atom. The van der Waals surface area contributed by atoms with E-state index in [-0.39, 0.29) is 42.8 Å². The van der Waals surface area contributed by atoms with E-state index in [0.29, 0.717) is 18.9 Å². The zero-order valence-corrected chi connectivity index (χ0v) is 23.2. The number of H-pyrrole nitrogens is 1. The van der Waals surface area contributed by atoms with Gasteiger partial charge in [-0.05, 0) is 29.0 Å². The lowest BCUT2D eigenvalue weighted by molar-refractivity contribution is -0.127.